The van der Waals surface area contributed by atoms with Crippen molar-refractivity contribution >= 4 is 39.1 Å². The highest BCUT2D eigenvalue weighted by Crippen LogP contribution is 2.31. The fourth-order valence-corrected chi connectivity index (χ4v) is 3.06. The zero-order valence-corrected chi connectivity index (χ0v) is 13.6. The van der Waals surface area contributed by atoms with Crippen molar-refractivity contribution in [2.75, 3.05) is 5.32 Å². The Morgan fingerprint density at radius 3 is 2.71 bits per heavy atom. The fraction of sp³-hybridized carbons (Fsp3) is 0.0556. The zero-order chi connectivity index (χ0) is 17.1. The summed E-state index contributed by atoms with van der Waals surface area (Å²) in [5, 5.41) is 15.8. The minimum absolute atomic E-state index is 0.115. The Kier molecular flexibility index (Phi) is 4.39. The van der Waals surface area contributed by atoms with E-state index in [9.17, 15) is 9.59 Å². The summed E-state index contributed by atoms with van der Waals surface area (Å²) in [6, 6.07) is 14.0. The topological polar surface area (TPSA) is 79.3 Å². The minimum atomic E-state index is -1.15. The number of benzene rings is 2. The maximum absolute atomic E-state index is 11.9. The van der Waals surface area contributed by atoms with E-state index in [1.54, 1.807) is 0 Å². The molecule has 2 aromatic carbocycles. The number of carbonyl (C=O) groups excluding carboxylic acids is 1. The van der Waals surface area contributed by atoms with Gasteiger partial charge >= 0.3 is 5.97 Å². The second-order valence-corrected chi connectivity index (χ2v) is 6.04. The number of fused-ring (bicyclic) bond motifs is 1. The van der Waals surface area contributed by atoms with Crippen LogP contribution in [0.3, 0.4) is 0 Å². The molecule has 120 valence electrons. The number of nitrogens with one attached hydrogen (secondary N) is 1. The van der Waals surface area contributed by atoms with Gasteiger partial charge in [-0.15, -0.1) is 11.3 Å². The molecule has 0 saturated carbocycles. The summed E-state index contributed by atoms with van der Waals surface area (Å²) in [6.45, 7) is 1.45. The maximum atomic E-state index is 11.9. The molecule has 0 unspecified atom stereocenters. The van der Waals surface area contributed by atoms with Gasteiger partial charge in [-0.1, -0.05) is 42.5 Å². The zero-order valence-electron chi connectivity index (χ0n) is 12.8. The maximum Gasteiger partial charge on any atom is 0.328 e. The van der Waals surface area contributed by atoms with Gasteiger partial charge in [-0.3, -0.25) is 10.1 Å². The molecule has 0 atom stereocenters. The molecule has 0 saturated heterocycles. The molecule has 0 aliphatic carbocycles. The Morgan fingerprint density at radius 1 is 1.17 bits per heavy atom. The third-order valence-electron chi connectivity index (χ3n) is 3.49. The van der Waals surface area contributed by atoms with Crippen molar-refractivity contribution in [1.82, 2.24) is 4.98 Å². The molecular weight excluding hydrogens is 324 g/mol. The normalized spacial score (nSPS) is 11.5. The van der Waals surface area contributed by atoms with Crippen molar-refractivity contribution in [2.24, 2.45) is 0 Å². The van der Waals surface area contributed by atoms with Crippen molar-refractivity contribution in [2.45, 2.75) is 6.92 Å². The van der Waals surface area contributed by atoms with Gasteiger partial charge in [0.1, 0.15) is 0 Å². The molecule has 1 heterocycles. The SMILES string of the molecule is C/C(=C/C(=O)O)C(=O)Nc1nc(-c2cccc3ccccc23)cs1. The predicted molar refractivity (Wildman–Crippen MR) is 95.1 cm³/mol. The van der Waals surface area contributed by atoms with Gasteiger partial charge in [-0.05, 0) is 17.7 Å². The van der Waals surface area contributed by atoms with E-state index >= 15 is 0 Å². The van der Waals surface area contributed by atoms with E-state index in [4.69, 9.17) is 5.11 Å². The van der Waals surface area contributed by atoms with Crippen LogP contribution in [0.15, 0.2) is 59.5 Å². The summed E-state index contributed by atoms with van der Waals surface area (Å²) in [4.78, 5) is 27.0. The van der Waals surface area contributed by atoms with Crippen LogP contribution in [0.1, 0.15) is 6.92 Å². The van der Waals surface area contributed by atoms with Gasteiger partial charge in [0.25, 0.3) is 5.91 Å². The predicted octanol–water partition coefficient (Wildman–Crippen LogP) is 3.93. The Morgan fingerprint density at radius 2 is 1.92 bits per heavy atom. The van der Waals surface area contributed by atoms with E-state index in [-0.39, 0.29) is 5.57 Å². The number of rotatable bonds is 4. The number of aliphatic carboxylic acids is 1. The first kappa shape index (κ1) is 15.9. The lowest BCUT2D eigenvalue weighted by Gasteiger charge is -2.04. The van der Waals surface area contributed by atoms with Crippen LogP contribution in [0.4, 0.5) is 5.13 Å². The Balaban J connectivity index is 1.88. The number of carboxylic acid groups (broad SMARTS) is 1. The van der Waals surface area contributed by atoms with Crippen LogP contribution in [0.25, 0.3) is 22.0 Å². The first-order valence-corrected chi connectivity index (χ1v) is 8.09. The van der Waals surface area contributed by atoms with Crippen LogP contribution in [0, 0.1) is 0 Å². The molecule has 0 aliphatic rings. The summed E-state index contributed by atoms with van der Waals surface area (Å²) in [6.07, 6.45) is 0.870. The van der Waals surface area contributed by atoms with Gasteiger partial charge in [-0.2, -0.15) is 0 Å². The molecule has 3 aromatic rings. The molecular formula is C18H14N2O3S. The number of thiazole rings is 1. The average molecular weight is 338 g/mol. The number of aromatic nitrogens is 1. The molecule has 0 bridgehead atoms. The van der Waals surface area contributed by atoms with Crippen molar-refractivity contribution in [3.8, 4) is 11.3 Å². The van der Waals surface area contributed by atoms with Crippen molar-refractivity contribution in [1.29, 1.82) is 0 Å². The van der Waals surface area contributed by atoms with E-state index in [0.717, 1.165) is 28.1 Å². The highest BCUT2D eigenvalue weighted by molar-refractivity contribution is 7.14. The molecule has 1 amide bonds. The first-order valence-electron chi connectivity index (χ1n) is 7.21. The lowest BCUT2D eigenvalue weighted by atomic mass is 10.0. The summed E-state index contributed by atoms with van der Waals surface area (Å²) in [5.41, 5.74) is 1.87. The number of hydrogen-bond acceptors (Lipinski definition) is 4. The van der Waals surface area contributed by atoms with E-state index in [1.807, 2.05) is 47.8 Å². The summed E-state index contributed by atoms with van der Waals surface area (Å²) >= 11 is 1.30. The molecule has 2 N–H and O–H groups in total. The summed E-state index contributed by atoms with van der Waals surface area (Å²) in [5.74, 6) is -1.63. The summed E-state index contributed by atoms with van der Waals surface area (Å²) < 4.78 is 0. The first-order chi connectivity index (χ1) is 11.5. The fourth-order valence-electron chi connectivity index (χ4n) is 2.35. The monoisotopic (exact) mass is 338 g/mol. The van der Waals surface area contributed by atoms with Gasteiger partial charge in [-0.25, -0.2) is 9.78 Å². The molecule has 24 heavy (non-hydrogen) atoms. The van der Waals surface area contributed by atoms with Crippen LogP contribution < -0.4 is 5.32 Å². The molecule has 0 aliphatic heterocycles. The summed E-state index contributed by atoms with van der Waals surface area (Å²) in [7, 11) is 0. The van der Waals surface area contributed by atoms with Crippen LogP contribution in [0.5, 0.6) is 0 Å². The highest BCUT2D eigenvalue weighted by atomic mass is 32.1. The van der Waals surface area contributed by atoms with Crippen molar-refractivity contribution < 1.29 is 14.7 Å². The van der Waals surface area contributed by atoms with Crippen LogP contribution in [-0.2, 0) is 9.59 Å². The van der Waals surface area contributed by atoms with Gasteiger partial charge in [0.15, 0.2) is 5.13 Å². The van der Waals surface area contributed by atoms with Gasteiger partial charge in [0.05, 0.1) is 5.69 Å². The molecule has 6 heteroatoms. The van der Waals surface area contributed by atoms with Crippen LogP contribution in [-0.4, -0.2) is 22.0 Å². The third-order valence-corrected chi connectivity index (χ3v) is 4.25. The largest absolute Gasteiger partial charge is 0.478 e. The van der Waals surface area contributed by atoms with E-state index in [1.165, 1.54) is 18.3 Å². The molecule has 3 rings (SSSR count). The molecule has 0 radical (unpaired) electrons. The molecule has 5 nitrogen and oxygen atoms in total. The molecule has 0 fully saturated rings. The number of hydrogen-bond donors (Lipinski definition) is 2. The number of carboxylic acids is 1. The van der Waals surface area contributed by atoms with Crippen molar-refractivity contribution in [3.05, 3.63) is 59.5 Å². The van der Waals surface area contributed by atoms with Gasteiger partial charge in [0.2, 0.25) is 0 Å². The molecule has 1 aromatic heterocycles. The van der Waals surface area contributed by atoms with E-state index in [2.05, 4.69) is 10.3 Å². The quantitative estimate of drug-likeness (QED) is 0.706. The highest BCUT2D eigenvalue weighted by Gasteiger charge is 2.11. The van der Waals surface area contributed by atoms with Crippen molar-refractivity contribution in [3.63, 3.8) is 0 Å². The Bertz CT molecular complexity index is 954. The number of nitrogens with zero attached hydrogens (tertiary/aromatic N) is 1. The van der Waals surface area contributed by atoms with Gasteiger partial charge < -0.3 is 5.11 Å². The van der Waals surface area contributed by atoms with Crippen LogP contribution in [0.2, 0.25) is 0 Å². The Hall–Kier alpha value is -2.99. The lowest BCUT2D eigenvalue weighted by Crippen LogP contribution is -2.13. The third kappa shape index (κ3) is 3.33. The number of carbonyl (C=O) groups is 2. The average Bonchev–Trinajstić information content (AvgIpc) is 3.02. The van der Waals surface area contributed by atoms with Gasteiger partial charge in [0, 0.05) is 22.6 Å². The lowest BCUT2D eigenvalue weighted by molar-refractivity contribution is -0.131. The second-order valence-electron chi connectivity index (χ2n) is 5.18. The Labute approximate surface area is 142 Å². The minimum Gasteiger partial charge on any atom is -0.478 e. The standard InChI is InChI=1S/C18H14N2O3S/c1-11(9-16(21)22)17(23)20-18-19-15(10-24-18)14-8-4-6-12-5-2-3-7-13(12)14/h2-10H,1H3,(H,21,22)(H,19,20,23)/b11-9-. The van der Waals surface area contributed by atoms with E-state index < -0.39 is 11.9 Å². The number of anilines is 1. The number of amides is 1. The smallest absolute Gasteiger partial charge is 0.328 e. The van der Waals surface area contributed by atoms with Crippen LogP contribution >= 0.6 is 11.3 Å². The molecule has 0 spiro atoms. The second kappa shape index (κ2) is 6.64. The van der Waals surface area contributed by atoms with E-state index in [0.29, 0.717) is 5.13 Å².